The van der Waals surface area contributed by atoms with Gasteiger partial charge in [-0.3, -0.25) is 14.4 Å². The molecule has 6 heteroatoms. The minimum absolute atomic E-state index is 0.0477. The Bertz CT molecular complexity index is 541. The normalized spacial score (nSPS) is 13.9. The Morgan fingerprint density at radius 1 is 1.33 bits per heavy atom. The number of hydrogen-bond donors (Lipinski definition) is 1. The second kappa shape index (κ2) is 4.78. The number of benzene rings is 1. The zero-order valence-corrected chi connectivity index (χ0v) is 10.1. The second-order valence-corrected chi connectivity index (χ2v) is 4.32. The first-order valence-corrected chi connectivity index (χ1v) is 5.76. The summed E-state index contributed by atoms with van der Waals surface area (Å²) < 4.78 is 0. The Balaban J connectivity index is 2.24. The molecule has 1 aliphatic heterocycles. The average Bonchev–Trinajstić information content (AvgIpc) is 2.55. The predicted molar refractivity (Wildman–Crippen MR) is 65.0 cm³/mol. The molecule has 5 nitrogen and oxygen atoms in total. The van der Waals surface area contributed by atoms with E-state index in [1.54, 1.807) is 18.2 Å². The third-order valence-corrected chi connectivity index (χ3v) is 3.04. The molecule has 0 aliphatic carbocycles. The van der Waals surface area contributed by atoms with Crippen molar-refractivity contribution < 1.29 is 19.5 Å². The van der Waals surface area contributed by atoms with Crippen molar-refractivity contribution in [1.82, 2.24) is 0 Å². The van der Waals surface area contributed by atoms with Crippen LogP contribution in [0.25, 0.3) is 0 Å². The van der Waals surface area contributed by atoms with E-state index in [1.807, 2.05) is 0 Å². The lowest BCUT2D eigenvalue weighted by molar-refractivity contribution is -0.137. The van der Waals surface area contributed by atoms with Gasteiger partial charge in [-0.15, -0.1) is 0 Å². The van der Waals surface area contributed by atoms with Crippen molar-refractivity contribution in [3.05, 3.63) is 28.8 Å². The number of rotatable bonds is 4. The van der Waals surface area contributed by atoms with E-state index in [2.05, 4.69) is 0 Å². The van der Waals surface area contributed by atoms with Gasteiger partial charge in [0.2, 0.25) is 0 Å². The molecule has 1 aliphatic rings. The summed E-state index contributed by atoms with van der Waals surface area (Å²) in [5, 5.41) is 8.80. The van der Waals surface area contributed by atoms with Gasteiger partial charge in [-0.25, -0.2) is 0 Å². The van der Waals surface area contributed by atoms with E-state index in [0.29, 0.717) is 12.1 Å². The molecule has 18 heavy (non-hydrogen) atoms. The van der Waals surface area contributed by atoms with Crippen molar-refractivity contribution >= 4 is 34.9 Å². The van der Waals surface area contributed by atoms with Crippen LogP contribution in [0.5, 0.6) is 0 Å². The van der Waals surface area contributed by atoms with E-state index in [9.17, 15) is 14.4 Å². The number of carboxylic acid groups (broad SMARTS) is 1. The number of fused-ring (bicyclic) bond motifs is 1. The van der Waals surface area contributed by atoms with Crippen molar-refractivity contribution in [2.75, 3.05) is 11.4 Å². The van der Waals surface area contributed by atoms with Gasteiger partial charge in [0.05, 0.1) is 16.3 Å². The molecule has 1 amide bonds. The number of nitrogens with zero attached hydrogens (tertiary/aromatic N) is 1. The van der Waals surface area contributed by atoms with Gasteiger partial charge < -0.3 is 10.0 Å². The van der Waals surface area contributed by atoms with E-state index < -0.39 is 17.7 Å². The Labute approximate surface area is 108 Å². The molecule has 0 atom stereocenters. The molecular formula is C12H10ClNO4. The van der Waals surface area contributed by atoms with E-state index in [4.69, 9.17) is 16.7 Å². The van der Waals surface area contributed by atoms with Crippen molar-refractivity contribution in [2.45, 2.75) is 12.8 Å². The van der Waals surface area contributed by atoms with Crippen LogP contribution < -0.4 is 4.90 Å². The van der Waals surface area contributed by atoms with Crippen LogP contribution in [0.3, 0.4) is 0 Å². The maximum absolute atomic E-state index is 11.8. The van der Waals surface area contributed by atoms with Crippen LogP contribution in [0.1, 0.15) is 23.2 Å². The van der Waals surface area contributed by atoms with E-state index >= 15 is 0 Å². The molecular weight excluding hydrogens is 258 g/mol. The topological polar surface area (TPSA) is 74.7 Å². The van der Waals surface area contributed by atoms with Crippen molar-refractivity contribution in [1.29, 1.82) is 0 Å². The molecule has 0 unspecified atom stereocenters. The molecule has 1 heterocycles. The van der Waals surface area contributed by atoms with E-state index in [0.717, 1.165) is 0 Å². The lowest BCUT2D eigenvalue weighted by Gasteiger charge is -2.15. The molecule has 0 saturated carbocycles. The quantitative estimate of drug-likeness (QED) is 0.843. The third-order valence-electron chi connectivity index (χ3n) is 2.72. The lowest BCUT2D eigenvalue weighted by Crippen LogP contribution is -2.30. The Morgan fingerprint density at radius 3 is 2.72 bits per heavy atom. The number of aliphatic carboxylic acids is 1. The van der Waals surface area contributed by atoms with Crippen LogP contribution in [0, 0.1) is 0 Å². The van der Waals surface area contributed by atoms with Gasteiger partial charge in [-0.05, 0) is 18.6 Å². The fourth-order valence-electron chi connectivity index (χ4n) is 1.91. The Kier molecular flexibility index (Phi) is 3.34. The molecule has 0 aromatic heterocycles. The highest BCUT2D eigenvalue weighted by Crippen LogP contribution is 2.34. The number of carbonyl (C=O) groups is 3. The number of Topliss-reactive ketones (excluding diaryl/α,β-unsaturated/α-hetero) is 1. The van der Waals surface area contributed by atoms with Gasteiger partial charge >= 0.3 is 5.97 Å². The molecule has 0 spiro atoms. The van der Waals surface area contributed by atoms with E-state index in [-0.39, 0.29) is 23.6 Å². The van der Waals surface area contributed by atoms with Gasteiger partial charge in [0.15, 0.2) is 0 Å². The van der Waals surface area contributed by atoms with Gasteiger partial charge in [-0.1, -0.05) is 17.7 Å². The second-order valence-electron chi connectivity index (χ2n) is 3.92. The molecule has 0 saturated heterocycles. The molecule has 1 N–H and O–H groups in total. The maximum Gasteiger partial charge on any atom is 0.303 e. The number of hydrogen-bond acceptors (Lipinski definition) is 3. The Morgan fingerprint density at radius 2 is 2.06 bits per heavy atom. The minimum atomic E-state index is -0.931. The smallest absolute Gasteiger partial charge is 0.303 e. The van der Waals surface area contributed by atoms with Crippen LogP contribution in [-0.2, 0) is 9.59 Å². The summed E-state index contributed by atoms with van der Waals surface area (Å²) in [6, 6.07) is 4.83. The molecule has 0 fully saturated rings. The first-order chi connectivity index (χ1) is 8.52. The summed E-state index contributed by atoms with van der Waals surface area (Å²) in [5.41, 5.74) is 0.669. The number of carbonyl (C=O) groups excluding carboxylic acids is 2. The van der Waals surface area contributed by atoms with Crippen molar-refractivity contribution in [3.8, 4) is 0 Å². The summed E-state index contributed by atoms with van der Waals surface area (Å²) >= 11 is 5.89. The van der Waals surface area contributed by atoms with Gasteiger partial charge in [0, 0.05) is 13.0 Å². The van der Waals surface area contributed by atoms with Gasteiger partial charge in [0.1, 0.15) is 0 Å². The fourth-order valence-corrected chi connectivity index (χ4v) is 2.17. The van der Waals surface area contributed by atoms with Crippen LogP contribution >= 0.6 is 11.6 Å². The zero-order chi connectivity index (χ0) is 13.3. The number of halogens is 1. The zero-order valence-electron chi connectivity index (χ0n) is 9.35. The van der Waals surface area contributed by atoms with Crippen molar-refractivity contribution in [2.24, 2.45) is 0 Å². The highest BCUT2D eigenvalue weighted by Gasteiger charge is 2.36. The van der Waals surface area contributed by atoms with Crippen molar-refractivity contribution in [3.63, 3.8) is 0 Å². The van der Waals surface area contributed by atoms with Crippen LogP contribution in [-0.4, -0.2) is 29.3 Å². The predicted octanol–water partition coefficient (Wildman–Crippen LogP) is 1.73. The summed E-state index contributed by atoms with van der Waals surface area (Å²) in [4.78, 5) is 35.2. The maximum atomic E-state index is 11.8. The summed E-state index contributed by atoms with van der Waals surface area (Å²) in [5.74, 6) is -2.21. The highest BCUT2D eigenvalue weighted by atomic mass is 35.5. The van der Waals surface area contributed by atoms with Crippen LogP contribution in [0.2, 0.25) is 5.02 Å². The molecule has 94 valence electrons. The number of ketones is 1. The monoisotopic (exact) mass is 267 g/mol. The SMILES string of the molecule is O=C(O)CCCN1C(=O)C(=O)c2c(Cl)cccc21. The summed E-state index contributed by atoms with van der Waals surface area (Å²) in [7, 11) is 0. The number of anilines is 1. The molecule has 1 aromatic carbocycles. The first kappa shape index (κ1) is 12.6. The number of amides is 1. The highest BCUT2D eigenvalue weighted by molar-refractivity contribution is 6.55. The molecule has 0 bridgehead atoms. The first-order valence-electron chi connectivity index (χ1n) is 5.39. The van der Waals surface area contributed by atoms with Crippen LogP contribution in [0.15, 0.2) is 18.2 Å². The van der Waals surface area contributed by atoms with Crippen LogP contribution in [0.4, 0.5) is 5.69 Å². The van der Waals surface area contributed by atoms with Gasteiger partial charge in [0.25, 0.3) is 11.7 Å². The van der Waals surface area contributed by atoms with Gasteiger partial charge in [-0.2, -0.15) is 0 Å². The lowest BCUT2D eigenvalue weighted by atomic mass is 10.1. The number of carboxylic acids is 1. The summed E-state index contributed by atoms with van der Waals surface area (Å²) in [6.45, 7) is 0.199. The van der Waals surface area contributed by atoms with E-state index in [1.165, 1.54) is 4.90 Å². The Hall–Kier alpha value is -1.88. The minimum Gasteiger partial charge on any atom is -0.481 e. The standard InChI is InChI=1S/C12H10ClNO4/c13-7-3-1-4-8-10(7)11(17)12(18)14(8)6-2-5-9(15)16/h1,3-4H,2,5-6H2,(H,15,16). The summed E-state index contributed by atoms with van der Waals surface area (Å²) in [6.07, 6.45) is 0.244. The molecule has 0 radical (unpaired) electrons. The molecule has 2 rings (SSSR count). The largest absolute Gasteiger partial charge is 0.481 e. The molecule has 1 aromatic rings. The fraction of sp³-hybridized carbons (Fsp3) is 0.250. The average molecular weight is 268 g/mol. The third kappa shape index (κ3) is 2.09.